The highest BCUT2D eigenvalue weighted by Gasteiger charge is 2.32. The second-order valence-corrected chi connectivity index (χ2v) is 5.33. The topological polar surface area (TPSA) is 55.8 Å². The minimum atomic E-state index is -0.871. The Balaban J connectivity index is 2.21. The van der Waals surface area contributed by atoms with E-state index in [0.717, 1.165) is 5.56 Å². The predicted molar refractivity (Wildman–Crippen MR) is 95.2 cm³/mol. The van der Waals surface area contributed by atoms with Gasteiger partial charge in [-0.1, -0.05) is 48.5 Å². The van der Waals surface area contributed by atoms with E-state index in [2.05, 4.69) is 12.6 Å². The highest BCUT2D eigenvalue weighted by molar-refractivity contribution is 7.80. The maximum atomic E-state index is 12.6. The fraction of sp³-hybridized carbons (Fsp3) is 0.222. The number of benzene rings is 2. The maximum Gasteiger partial charge on any atom is 0.415 e. The van der Waals surface area contributed by atoms with Crippen molar-refractivity contribution in [2.75, 3.05) is 17.8 Å². The largest absolute Gasteiger partial charge is 0.467 e. The van der Waals surface area contributed by atoms with Gasteiger partial charge in [0, 0.05) is 11.4 Å². The van der Waals surface area contributed by atoms with Crippen molar-refractivity contribution in [3.63, 3.8) is 0 Å². The van der Waals surface area contributed by atoms with Crippen molar-refractivity contribution in [1.82, 2.24) is 0 Å². The molecule has 0 bridgehead atoms. The lowest BCUT2D eigenvalue weighted by Gasteiger charge is -2.28. The first-order valence-corrected chi connectivity index (χ1v) is 8.04. The number of anilines is 1. The fourth-order valence-electron chi connectivity index (χ4n) is 2.19. The highest BCUT2D eigenvalue weighted by Crippen LogP contribution is 2.20. The normalized spacial score (nSPS) is 11.4. The van der Waals surface area contributed by atoms with Gasteiger partial charge in [0.2, 0.25) is 0 Å². The summed E-state index contributed by atoms with van der Waals surface area (Å²) < 4.78 is 10.1. The van der Waals surface area contributed by atoms with Crippen molar-refractivity contribution in [2.45, 2.75) is 12.6 Å². The van der Waals surface area contributed by atoms with Crippen LogP contribution in [0.15, 0.2) is 60.7 Å². The van der Waals surface area contributed by atoms with Gasteiger partial charge in [0.15, 0.2) is 0 Å². The first-order valence-electron chi connectivity index (χ1n) is 7.41. The number of nitrogens with zero attached hydrogens (tertiary/aromatic N) is 1. The van der Waals surface area contributed by atoms with Gasteiger partial charge in [0.1, 0.15) is 12.6 Å². The minimum absolute atomic E-state index is 0.113. The summed E-state index contributed by atoms with van der Waals surface area (Å²) >= 11 is 4.18. The number of carbonyl (C=O) groups is 2. The Morgan fingerprint density at radius 3 is 2.17 bits per heavy atom. The number of hydrogen-bond donors (Lipinski definition) is 1. The van der Waals surface area contributed by atoms with Gasteiger partial charge in [0.05, 0.1) is 7.11 Å². The van der Waals surface area contributed by atoms with E-state index in [1.807, 2.05) is 36.4 Å². The molecule has 0 heterocycles. The van der Waals surface area contributed by atoms with Crippen LogP contribution in [0.5, 0.6) is 0 Å². The SMILES string of the molecule is COC(=O)[C@@H](CS)N(C(=O)OCc1ccccc1)c1ccccc1. The molecule has 1 amide bonds. The van der Waals surface area contributed by atoms with E-state index >= 15 is 0 Å². The lowest BCUT2D eigenvalue weighted by molar-refractivity contribution is -0.141. The van der Waals surface area contributed by atoms with Gasteiger partial charge < -0.3 is 9.47 Å². The van der Waals surface area contributed by atoms with Crippen molar-refractivity contribution in [3.8, 4) is 0 Å². The second-order valence-electron chi connectivity index (χ2n) is 4.97. The third-order valence-corrected chi connectivity index (χ3v) is 3.74. The number of ether oxygens (including phenoxy) is 2. The van der Waals surface area contributed by atoms with Gasteiger partial charge in [-0.3, -0.25) is 4.90 Å². The zero-order valence-electron chi connectivity index (χ0n) is 13.3. The Labute approximate surface area is 146 Å². The van der Waals surface area contributed by atoms with Crippen molar-refractivity contribution in [1.29, 1.82) is 0 Å². The molecule has 2 rings (SSSR count). The first-order chi connectivity index (χ1) is 11.7. The number of thiol groups is 1. The highest BCUT2D eigenvalue weighted by atomic mass is 32.1. The molecule has 0 radical (unpaired) electrons. The predicted octanol–water partition coefficient (Wildman–Crippen LogP) is 3.30. The summed E-state index contributed by atoms with van der Waals surface area (Å²) in [5, 5.41) is 0. The molecule has 0 spiro atoms. The molecule has 0 saturated carbocycles. The number of rotatable bonds is 6. The molecule has 6 heteroatoms. The average molecular weight is 345 g/mol. The lowest BCUT2D eigenvalue weighted by atomic mass is 10.2. The average Bonchev–Trinajstić information content (AvgIpc) is 2.65. The van der Waals surface area contributed by atoms with Crippen LogP contribution in [-0.4, -0.2) is 31.0 Å². The summed E-state index contributed by atoms with van der Waals surface area (Å²) in [5.74, 6) is -0.437. The summed E-state index contributed by atoms with van der Waals surface area (Å²) in [6.07, 6.45) is -0.630. The zero-order valence-corrected chi connectivity index (χ0v) is 14.2. The van der Waals surface area contributed by atoms with Crippen LogP contribution >= 0.6 is 12.6 Å². The van der Waals surface area contributed by atoms with Crippen molar-refractivity contribution in [3.05, 3.63) is 66.2 Å². The van der Waals surface area contributed by atoms with E-state index in [1.54, 1.807) is 24.3 Å². The van der Waals surface area contributed by atoms with E-state index in [1.165, 1.54) is 12.0 Å². The monoisotopic (exact) mass is 345 g/mol. The molecule has 0 aliphatic carbocycles. The summed E-state index contributed by atoms with van der Waals surface area (Å²) in [7, 11) is 1.28. The molecular weight excluding hydrogens is 326 g/mol. The fourth-order valence-corrected chi connectivity index (χ4v) is 2.50. The molecule has 0 aliphatic rings. The third kappa shape index (κ3) is 4.52. The third-order valence-electron chi connectivity index (χ3n) is 3.39. The molecule has 0 saturated heterocycles. The Morgan fingerprint density at radius 1 is 1.04 bits per heavy atom. The van der Waals surface area contributed by atoms with Crippen molar-refractivity contribution >= 4 is 30.4 Å². The van der Waals surface area contributed by atoms with Crippen LogP contribution in [0.4, 0.5) is 10.5 Å². The minimum Gasteiger partial charge on any atom is -0.467 e. The van der Waals surface area contributed by atoms with E-state index in [9.17, 15) is 9.59 Å². The van der Waals surface area contributed by atoms with Crippen molar-refractivity contribution < 1.29 is 19.1 Å². The zero-order chi connectivity index (χ0) is 17.4. The van der Waals surface area contributed by atoms with Crippen LogP contribution in [0, 0.1) is 0 Å². The van der Waals surface area contributed by atoms with Crippen molar-refractivity contribution in [2.24, 2.45) is 0 Å². The van der Waals surface area contributed by atoms with Gasteiger partial charge >= 0.3 is 12.1 Å². The molecule has 24 heavy (non-hydrogen) atoms. The molecule has 5 nitrogen and oxygen atoms in total. The van der Waals surface area contributed by atoms with Crippen LogP contribution in [0.25, 0.3) is 0 Å². The number of methoxy groups -OCH3 is 1. The molecule has 0 aromatic heterocycles. The van der Waals surface area contributed by atoms with Crippen LogP contribution in [0.2, 0.25) is 0 Å². The smallest absolute Gasteiger partial charge is 0.415 e. The van der Waals surface area contributed by atoms with Crippen LogP contribution in [-0.2, 0) is 20.9 Å². The van der Waals surface area contributed by atoms with Gasteiger partial charge in [-0.25, -0.2) is 9.59 Å². The van der Waals surface area contributed by atoms with E-state index in [4.69, 9.17) is 9.47 Å². The van der Waals surface area contributed by atoms with Gasteiger partial charge in [-0.15, -0.1) is 0 Å². The molecule has 2 aromatic carbocycles. The van der Waals surface area contributed by atoms with Crippen LogP contribution in [0.1, 0.15) is 5.56 Å². The van der Waals surface area contributed by atoms with E-state index < -0.39 is 18.1 Å². The molecule has 2 aromatic rings. The summed E-state index contributed by atoms with van der Waals surface area (Å²) in [6.45, 7) is 0.115. The van der Waals surface area contributed by atoms with E-state index in [0.29, 0.717) is 5.69 Å². The van der Waals surface area contributed by atoms with E-state index in [-0.39, 0.29) is 12.4 Å². The number of carbonyl (C=O) groups excluding carboxylic acids is 2. The Kier molecular flexibility index (Phi) is 6.69. The van der Waals surface area contributed by atoms with Gasteiger partial charge in [0.25, 0.3) is 0 Å². The molecule has 1 atom stereocenters. The van der Waals surface area contributed by atoms with Gasteiger partial charge in [-0.05, 0) is 17.7 Å². The molecule has 0 aliphatic heterocycles. The number of para-hydroxylation sites is 1. The second kappa shape index (κ2) is 8.98. The Hall–Kier alpha value is -2.47. The summed E-state index contributed by atoms with van der Waals surface area (Å²) in [5.41, 5.74) is 1.40. The number of esters is 1. The molecular formula is C18H19NO4S. The van der Waals surface area contributed by atoms with Crippen LogP contribution in [0.3, 0.4) is 0 Å². The molecule has 0 N–H and O–H groups in total. The van der Waals surface area contributed by atoms with Gasteiger partial charge in [-0.2, -0.15) is 12.6 Å². The molecule has 0 fully saturated rings. The first kappa shape index (κ1) is 17.9. The molecule has 126 valence electrons. The summed E-state index contributed by atoms with van der Waals surface area (Å²) in [6, 6.07) is 17.3. The molecule has 0 unspecified atom stereocenters. The standard InChI is InChI=1S/C18H19NO4S/c1-22-17(20)16(13-24)19(15-10-6-3-7-11-15)18(21)23-12-14-8-4-2-5-9-14/h2-11,16,24H,12-13H2,1H3/t16-/m1/s1. The Morgan fingerprint density at radius 2 is 1.62 bits per heavy atom. The number of hydrogen-bond acceptors (Lipinski definition) is 5. The number of amides is 1. The Bertz CT molecular complexity index is 663. The lowest BCUT2D eigenvalue weighted by Crippen LogP contribution is -2.47. The maximum absolute atomic E-state index is 12.6. The summed E-state index contributed by atoms with van der Waals surface area (Å²) in [4.78, 5) is 25.9. The van der Waals surface area contributed by atoms with Crippen LogP contribution < -0.4 is 4.90 Å². The quantitative estimate of drug-likeness (QED) is 0.645.